The van der Waals surface area contributed by atoms with Crippen LogP contribution in [0.5, 0.6) is 5.75 Å². The molecule has 3 aromatic carbocycles. The van der Waals surface area contributed by atoms with Gasteiger partial charge in [0.25, 0.3) is 5.91 Å². The van der Waals surface area contributed by atoms with Gasteiger partial charge in [0.15, 0.2) is 6.10 Å². The van der Waals surface area contributed by atoms with Gasteiger partial charge in [-0.2, -0.15) is 5.10 Å². The fourth-order valence-electron chi connectivity index (χ4n) is 3.17. The number of thiophene rings is 1. The molecule has 4 rings (SSSR count). The van der Waals surface area contributed by atoms with Crippen LogP contribution in [0.3, 0.4) is 0 Å². The molecule has 0 radical (unpaired) electrons. The zero-order valence-corrected chi connectivity index (χ0v) is 19.1. The van der Waals surface area contributed by atoms with Crippen LogP contribution in [-0.4, -0.2) is 25.2 Å². The van der Waals surface area contributed by atoms with E-state index in [-0.39, 0.29) is 5.91 Å². The third kappa shape index (κ3) is 5.28. The monoisotopic (exact) mass is 478 g/mol. The minimum Gasteiger partial charge on any atom is -0.422 e. The maximum Gasteiger partial charge on any atom is 0.355 e. The van der Waals surface area contributed by atoms with Gasteiger partial charge in [0, 0.05) is 17.2 Å². The van der Waals surface area contributed by atoms with E-state index in [1.807, 2.05) is 54.6 Å². The zero-order valence-electron chi connectivity index (χ0n) is 17.5. The molecule has 33 heavy (non-hydrogen) atoms. The number of methoxy groups -OCH3 is 1. The molecule has 1 heterocycles. The number of hydrogen-bond acceptors (Lipinski definition) is 6. The molecule has 0 saturated heterocycles. The molecular formula is C25H19ClN2O4S. The van der Waals surface area contributed by atoms with Crippen molar-refractivity contribution in [1.82, 2.24) is 5.43 Å². The van der Waals surface area contributed by atoms with E-state index >= 15 is 0 Å². The van der Waals surface area contributed by atoms with Crippen LogP contribution in [-0.2, 0) is 9.53 Å². The molecule has 166 valence electrons. The van der Waals surface area contributed by atoms with Gasteiger partial charge in [0.05, 0.1) is 11.2 Å². The summed E-state index contributed by atoms with van der Waals surface area (Å²) < 4.78 is 11.7. The summed E-state index contributed by atoms with van der Waals surface area (Å²) in [7, 11) is 1.47. The lowest BCUT2D eigenvalue weighted by Crippen LogP contribution is -2.26. The number of hydrogen-bond donors (Lipinski definition) is 1. The van der Waals surface area contributed by atoms with Crippen LogP contribution >= 0.6 is 22.9 Å². The Balaban J connectivity index is 1.37. The summed E-state index contributed by atoms with van der Waals surface area (Å²) in [4.78, 5) is 25.3. The predicted octanol–water partition coefficient (Wildman–Crippen LogP) is 5.61. The van der Waals surface area contributed by atoms with Gasteiger partial charge in [-0.15, -0.1) is 11.3 Å². The zero-order chi connectivity index (χ0) is 23.2. The van der Waals surface area contributed by atoms with Crippen molar-refractivity contribution in [2.75, 3.05) is 7.11 Å². The topological polar surface area (TPSA) is 77.0 Å². The van der Waals surface area contributed by atoms with Crippen molar-refractivity contribution in [3.63, 3.8) is 0 Å². The summed E-state index contributed by atoms with van der Waals surface area (Å²) in [6.07, 6.45) is 0.732. The lowest BCUT2D eigenvalue weighted by Gasteiger charge is -2.13. The fraction of sp³-hybridized carbons (Fsp3) is 0.0800. The maximum absolute atomic E-state index is 12.6. The van der Waals surface area contributed by atoms with E-state index in [1.54, 1.807) is 24.3 Å². The summed E-state index contributed by atoms with van der Waals surface area (Å²) in [6, 6.07) is 23.4. The van der Waals surface area contributed by atoms with Crippen molar-refractivity contribution in [3.05, 3.63) is 99.9 Å². The van der Waals surface area contributed by atoms with Gasteiger partial charge >= 0.3 is 5.97 Å². The second-order valence-corrected chi connectivity index (χ2v) is 8.39. The first kappa shape index (κ1) is 22.7. The number of carbonyl (C=O) groups excluding carboxylic acids is 2. The van der Waals surface area contributed by atoms with Gasteiger partial charge in [-0.3, -0.25) is 4.79 Å². The average molecular weight is 479 g/mol. The minimum atomic E-state index is -0.758. The summed E-state index contributed by atoms with van der Waals surface area (Å²) >= 11 is 7.64. The van der Waals surface area contributed by atoms with Gasteiger partial charge in [0.2, 0.25) is 0 Å². The number of fused-ring (bicyclic) bond motifs is 1. The second kappa shape index (κ2) is 10.4. The summed E-state index contributed by atoms with van der Waals surface area (Å²) in [6.45, 7) is 0. The Kier molecular flexibility index (Phi) is 7.14. The molecule has 1 N–H and O–H groups in total. The number of halogens is 1. The predicted molar refractivity (Wildman–Crippen MR) is 130 cm³/mol. The molecule has 0 bridgehead atoms. The first-order chi connectivity index (χ1) is 16.1. The standard InChI is InChI=1S/C25H19ClN2O4S/c1-31-22(17-7-3-2-4-8-17)24(29)28-27-15-16-11-13-18(14-12-16)32-25(30)23-21(26)19-9-5-6-10-20(19)33-23/h2-15,22H,1H3,(H,28,29)/b27-15-/t22-/m0/s1. The highest BCUT2D eigenvalue weighted by Gasteiger charge is 2.20. The van der Waals surface area contributed by atoms with Crippen molar-refractivity contribution >= 4 is 51.1 Å². The van der Waals surface area contributed by atoms with Crippen LogP contribution in [0.25, 0.3) is 10.1 Å². The number of amides is 1. The number of benzene rings is 3. The maximum atomic E-state index is 12.6. The molecule has 0 aliphatic rings. The van der Waals surface area contributed by atoms with Crippen molar-refractivity contribution in [1.29, 1.82) is 0 Å². The molecule has 0 unspecified atom stereocenters. The molecule has 0 spiro atoms. The molecule has 1 aromatic heterocycles. The van der Waals surface area contributed by atoms with Crippen LogP contribution in [0.1, 0.15) is 26.9 Å². The van der Waals surface area contributed by atoms with Gasteiger partial charge in [-0.05, 0) is 41.5 Å². The van der Waals surface area contributed by atoms with Crippen LogP contribution in [0.4, 0.5) is 0 Å². The minimum absolute atomic E-state index is 0.359. The molecule has 0 aliphatic carbocycles. The molecule has 0 fully saturated rings. The van der Waals surface area contributed by atoms with E-state index in [1.165, 1.54) is 24.7 Å². The Hall–Kier alpha value is -3.52. The highest BCUT2D eigenvalue weighted by Crippen LogP contribution is 2.35. The summed E-state index contributed by atoms with van der Waals surface area (Å²) in [5, 5.41) is 5.20. The van der Waals surface area contributed by atoms with E-state index in [0.717, 1.165) is 15.6 Å². The number of nitrogens with zero attached hydrogens (tertiary/aromatic N) is 1. The van der Waals surface area contributed by atoms with Gasteiger partial charge in [0.1, 0.15) is 10.6 Å². The van der Waals surface area contributed by atoms with E-state index in [0.29, 0.717) is 21.2 Å². The number of hydrazone groups is 1. The molecule has 6 nitrogen and oxygen atoms in total. The molecule has 0 saturated carbocycles. The van der Waals surface area contributed by atoms with Crippen molar-refractivity contribution < 1.29 is 19.1 Å². The second-order valence-electron chi connectivity index (χ2n) is 6.96. The van der Waals surface area contributed by atoms with Crippen molar-refractivity contribution in [2.24, 2.45) is 5.10 Å². The third-order valence-corrected chi connectivity index (χ3v) is 6.43. The normalized spacial score (nSPS) is 12.1. The average Bonchev–Trinajstić information content (AvgIpc) is 3.18. The number of nitrogens with one attached hydrogen (secondary N) is 1. The summed E-state index contributed by atoms with van der Waals surface area (Å²) in [5.41, 5.74) is 3.92. The van der Waals surface area contributed by atoms with Gasteiger partial charge < -0.3 is 9.47 Å². The Bertz CT molecular complexity index is 1300. The highest BCUT2D eigenvalue weighted by atomic mass is 35.5. The number of rotatable bonds is 7. The van der Waals surface area contributed by atoms with Crippen LogP contribution in [0, 0.1) is 0 Å². The van der Waals surface area contributed by atoms with E-state index in [9.17, 15) is 9.59 Å². The smallest absolute Gasteiger partial charge is 0.355 e. The van der Waals surface area contributed by atoms with E-state index < -0.39 is 12.1 Å². The van der Waals surface area contributed by atoms with Crippen LogP contribution in [0.15, 0.2) is 84.0 Å². The Labute approximate surface area is 199 Å². The van der Waals surface area contributed by atoms with Crippen molar-refractivity contribution in [3.8, 4) is 5.75 Å². The Morgan fingerprint density at radius 1 is 1.00 bits per heavy atom. The first-order valence-electron chi connectivity index (χ1n) is 9.96. The van der Waals surface area contributed by atoms with E-state index in [4.69, 9.17) is 21.1 Å². The number of ether oxygens (including phenoxy) is 2. The highest BCUT2D eigenvalue weighted by molar-refractivity contribution is 7.21. The fourth-order valence-corrected chi connectivity index (χ4v) is 4.56. The Morgan fingerprint density at radius 3 is 2.39 bits per heavy atom. The van der Waals surface area contributed by atoms with Crippen molar-refractivity contribution in [2.45, 2.75) is 6.10 Å². The van der Waals surface area contributed by atoms with E-state index in [2.05, 4.69) is 10.5 Å². The SMILES string of the molecule is CO[C@H](C(=O)N/N=C\c1ccc(OC(=O)c2sc3ccccc3c2Cl)cc1)c1ccccc1. The quantitative estimate of drug-likeness (QED) is 0.162. The molecule has 8 heteroatoms. The lowest BCUT2D eigenvalue weighted by atomic mass is 10.1. The molecule has 4 aromatic rings. The van der Waals surface area contributed by atoms with Crippen LogP contribution < -0.4 is 10.2 Å². The van der Waals surface area contributed by atoms with Crippen LogP contribution in [0.2, 0.25) is 5.02 Å². The third-order valence-electron chi connectivity index (χ3n) is 4.78. The first-order valence-corrected chi connectivity index (χ1v) is 11.2. The van der Waals surface area contributed by atoms with Gasteiger partial charge in [-0.1, -0.05) is 60.1 Å². The largest absolute Gasteiger partial charge is 0.422 e. The molecular weight excluding hydrogens is 460 g/mol. The number of carbonyl (C=O) groups is 2. The molecule has 1 amide bonds. The molecule has 0 aliphatic heterocycles. The number of esters is 1. The summed E-state index contributed by atoms with van der Waals surface area (Å²) in [5.74, 6) is -0.523. The Morgan fingerprint density at radius 2 is 1.70 bits per heavy atom. The molecule has 1 atom stereocenters. The lowest BCUT2D eigenvalue weighted by molar-refractivity contribution is -0.131. The van der Waals surface area contributed by atoms with Gasteiger partial charge in [-0.25, -0.2) is 10.2 Å².